The number of carbonyl (C=O) groups excluding carboxylic acids is 1. The quantitative estimate of drug-likeness (QED) is 0.898. The lowest BCUT2D eigenvalue weighted by Gasteiger charge is -2.22. The van der Waals surface area contributed by atoms with Crippen LogP contribution >= 0.6 is 24.0 Å². The van der Waals surface area contributed by atoms with Crippen molar-refractivity contribution >= 4 is 29.9 Å². The summed E-state index contributed by atoms with van der Waals surface area (Å²) in [5.41, 5.74) is 0.629. The summed E-state index contributed by atoms with van der Waals surface area (Å²) in [6.07, 6.45) is 3.55. The molecule has 2 N–H and O–H groups in total. The van der Waals surface area contributed by atoms with Gasteiger partial charge in [0.15, 0.2) is 0 Å². The molecule has 1 aliphatic rings. The third-order valence-corrected chi connectivity index (χ3v) is 3.56. The van der Waals surface area contributed by atoms with E-state index in [0.29, 0.717) is 16.5 Å². The molecule has 0 bridgehead atoms. The van der Waals surface area contributed by atoms with Gasteiger partial charge in [0, 0.05) is 17.1 Å². The highest BCUT2D eigenvalue weighted by atomic mass is 35.5. The van der Waals surface area contributed by atoms with Crippen LogP contribution in [0.15, 0.2) is 24.3 Å². The van der Waals surface area contributed by atoms with Crippen molar-refractivity contribution in [3.8, 4) is 0 Å². The van der Waals surface area contributed by atoms with Crippen molar-refractivity contribution in [3.05, 3.63) is 34.9 Å². The molecule has 1 saturated heterocycles. The number of rotatable bonds is 4. The highest BCUT2D eigenvalue weighted by Crippen LogP contribution is 2.13. The van der Waals surface area contributed by atoms with Crippen LogP contribution in [0.3, 0.4) is 0 Å². The van der Waals surface area contributed by atoms with E-state index in [2.05, 4.69) is 10.6 Å². The van der Waals surface area contributed by atoms with Crippen LogP contribution in [0.25, 0.3) is 0 Å². The molecule has 19 heavy (non-hydrogen) atoms. The predicted molar refractivity (Wildman–Crippen MR) is 81.2 cm³/mol. The molecule has 1 aliphatic heterocycles. The van der Waals surface area contributed by atoms with E-state index < -0.39 is 0 Å². The van der Waals surface area contributed by atoms with E-state index in [-0.39, 0.29) is 18.3 Å². The maximum atomic E-state index is 11.9. The Labute approximate surface area is 125 Å². The standard InChI is InChI=1S/C14H19ClN2O.ClH/c15-13-5-1-4-12(9-13)14(18)17-8-6-11-3-2-7-16-10-11;/h1,4-5,9,11,16H,2-3,6-8,10H2,(H,17,18);1H. The van der Waals surface area contributed by atoms with Crippen molar-refractivity contribution < 1.29 is 4.79 Å². The second kappa shape index (κ2) is 8.41. The molecule has 1 atom stereocenters. The fourth-order valence-corrected chi connectivity index (χ4v) is 2.48. The fourth-order valence-electron chi connectivity index (χ4n) is 2.29. The van der Waals surface area contributed by atoms with Gasteiger partial charge in [0.25, 0.3) is 5.91 Å². The van der Waals surface area contributed by atoms with Gasteiger partial charge in [-0.2, -0.15) is 0 Å². The number of piperidine rings is 1. The van der Waals surface area contributed by atoms with Gasteiger partial charge in [-0.1, -0.05) is 17.7 Å². The van der Waals surface area contributed by atoms with Crippen molar-refractivity contribution in [1.82, 2.24) is 10.6 Å². The summed E-state index contributed by atoms with van der Waals surface area (Å²) in [5, 5.41) is 6.93. The van der Waals surface area contributed by atoms with Crippen LogP contribution < -0.4 is 10.6 Å². The minimum Gasteiger partial charge on any atom is -0.352 e. The average molecular weight is 303 g/mol. The second-order valence-electron chi connectivity index (χ2n) is 4.77. The summed E-state index contributed by atoms with van der Waals surface area (Å²) < 4.78 is 0. The molecule has 0 saturated carbocycles. The molecule has 0 aromatic heterocycles. The van der Waals surface area contributed by atoms with Crippen LogP contribution in [-0.4, -0.2) is 25.5 Å². The molecule has 1 fully saturated rings. The Hall–Kier alpha value is -0.770. The maximum absolute atomic E-state index is 11.9. The van der Waals surface area contributed by atoms with Gasteiger partial charge in [-0.05, 0) is 56.5 Å². The third kappa shape index (κ3) is 5.39. The topological polar surface area (TPSA) is 41.1 Å². The SMILES string of the molecule is Cl.O=C(NCCC1CCCNC1)c1cccc(Cl)c1. The maximum Gasteiger partial charge on any atom is 0.251 e. The van der Waals surface area contributed by atoms with Crippen LogP contribution in [0.2, 0.25) is 5.02 Å². The van der Waals surface area contributed by atoms with Crippen LogP contribution in [0.4, 0.5) is 0 Å². The molecular formula is C14H20Cl2N2O. The largest absolute Gasteiger partial charge is 0.352 e. The summed E-state index contributed by atoms with van der Waals surface area (Å²) in [7, 11) is 0. The number of amides is 1. The van der Waals surface area contributed by atoms with Gasteiger partial charge in [-0.25, -0.2) is 0 Å². The molecule has 3 nitrogen and oxygen atoms in total. The van der Waals surface area contributed by atoms with Crippen molar-refractivity contribution in [3.63, 3.8) is 0 Å². The highest BCUT2D eigenvalue weighted by Gasteiger charge is 2.13. The molecule has 1 heterocycles. The van der Waals surface area contributed by atoms with Crippen LogP contribution in [0.5, 0.6) is 0 Å². The lowest BCUT2D eigenvalue weighted by atomic mass is 9.96. The van der Waals surface area contributed by atoms with E-state index >= 15 is 0 Å². The monoisotopic (exact) mass is 302 g/mol. The molecular weight excluding hydrogens is 283 g/mol. The fraction of sp³-hybridized carbons (Fsp3) is 0.500. The lowest BCUT2D eigenvalue weighted by molar-refractivity contribution is 0.0950. The van der Waals surface area contributed by atoms with Crippen LogP contribution in [0.1, 0.15) is 29.6 Å². The van der Waals surface area contributed by atoms with E-state index in [1.54, 1.807) is 24.3 Å². The highest BCUT2D eigenvalue weighted by molar-refractivity contribution is 6.30. The van der Waals surface area contributed by atoms with E-state index in [0.717, 1.165) is 26.1 Å². The lowest BCUT2D eigenvalue weighted by Crippen LogP contribution is -2.33. The zero-order valence-electron chi connectivity index (χ0n) is 10.8. The summed E-state index contributed by atoms with van der Waals surface area (Å²) >= 11 is 5.86. The number of carbonyl (C=O) groups is 1. The Balaban J connectivity index is 0.00000180. The van der Waals surface area contributed by atoms with Crippen LogP contribution in [0, 0.1) is 5.92 Å². The molecule has 0 spiro atoms. The second-order valence-corrected chi connectivity index (χ2v) is 5.20. The number of nitrogens with one attached hydrogen (secondary N) is 2. The molecule has 2 rings (SSSR count). The zero-order chi connectivity index (χ0) is 12.8. The first-order valence-corrected chi connectivity index (χ1v) is 6.88. The Morgan fingerprint density at radius 3 is 3.00 bits per heavy atom. The number of hydrogen-bond donors (Lipinski definition) is 2. The molecule has 1 amide bonds. The molecule has 1 aromatic carbocycles. The Morgan fingerprint density at radius 2 is 2.32 bits per heavy atom. The minimum absolute atomic E-state index is 0. The summed E-state index contributed by atoms with van der Waals surface area (Å²) in [4.78, 5) is 11.9. The van der Waals surface area contributed by atoms with Gasteiger partial charge >= 0.3 is 0 Å². The first kappa shape index (κ1) is 16.3. The smallest absolute Gasteiger partial charge is 0.251 e. The van der Waals surface area contributed by atoms with Crippen LogP contribution in [-0.2, 0) is 0 Å². The summed E-state index contributed by atoms with van der Waals surface area (Å²) in [5.74, 6) is 0.652. The van der Waals surface area contributed by atoms with Crippen molar-refractivity contribution in [2.75, 3.05) is 19.6 Å². The first-order chi connectivity index (χ1) is 8.75. The molecule has 5 heteroatoms. The van der Waals surface area contributed by atoms with Gasteiger partial charge in [0.05, 0.1) is 0 Å². The predicted octanol–water partition coefficient (Wildman–Crippen LogP) is 2.88. The van der Waals surface area contributed by atoms with E-state index in [1.807, 2.05) is 0 Å². The van der Waals surface area contributed by atoms with E-state index in [9.17, 15) is 4.79 Å². The van der Waals surface area contributed by atoms with E-state index in [4.69, 9.17) is 11.6 Å². The average Bonchev–Trinajstić information content (AvgIpc) is 2.40. The molecule has 1 unspecified atom stereocenters. The molecule has 0 radical (unpaired) electrons. The molecule has 0 aliphatic carbocycles. The number of hydrogen-bond acceptors (Lipinski definition) is 2. The number of halogens is 2. The van der Waals surface area contributed by atoms with Crippen molar-refractivity contribution in [1.29, 1.82) is 0 Å². The minimum atomic E-state index is -0.0405. The Kier molecular flexibility index (Phi) is 7.21. The van der Waals surface area contributed by atoms with Gasteiger partial charge in [0.1, 0.15) is 0 Å². The van der Waals surface area contributed by atoms with Gasteiger partial charge in [0.2, 0.25) is 0 Å². The Bertz CT molecular complexity index is 406. The summed E-state index contributed by atoms with van der Waals surface area (Å²) in [6, 6.07) is 7.04. The van der Waals surface area contributed by atoms with Gasteiger partial charge in [-0.15, -0.1) is 12.4 Å². The normalized spacial score (nSPS) is 18.5. The number of benzene rings is 1. The van der Waals surface area contributed by atoms with Gasteiger partial charge < -0.3 is 10.6 Å². The Morgan fingerprint density at radius 1 is 1.47 bits per heavy atom. The third-order valence-electron chi connectivity index (χ3n) is 3.32. The van der Waals surface area contributed by atoms with Crippen molar-refractivity contribution in [2.45, 2.75) is 19.3 Å². The van der Waals surface area contributed by atoms with E-state index in [1.165, 1.54) is 12.8 Å². The van der Waals surface area contributed by atoms with Crippen molar-refractivity contribution in [2.24, 2.45) is 5.92 Å². The molecule has 1 aromatic rings. The zero-order valence-corrected chi connectivity index (χ0v) is 12.4. The summed E-state index contributed by atoms with van der Waals surface area (Å²) in [6.45, 7) is 2.94. The van der Waals surface area contributed by atoms with Gasteiger partial charge in [-0.3, -0.25) is 4.79 Å². The first-order valence-electron chi connectivity index (χ1n) is 6.50. The molecule has 106 valence electrons.